The molecule has 0 unspecified atom stereocenters. The summed E-state index contributed by atoms with van der Waals surface area (Å²) in [6, 6.07) is 0. The highest BCUT2D eigenvalue weighted by molar-refractivity contribution is 5.87. The van der Waals surface area contributed by atoms with E-state index < -0.39 is 31.4 Å². The number of hydrogen-bond acceptors (Lipinski definition) is 6. The van der Waals surface area contributed by atoms with Crippen LogP contribution in [0.5, 0.6) is 0 Å². The lowest BCUT2D eigenvalue weighted by Crippen LogP contribution is -2.34. The van der Waals surface area contributed by atoms with E-state index in [4.69, 9.17) is 20.4 Å². The van der Waals surface area contributed by atoms with Crippen LogP contribution in [0.4, 0.5) is 0 Å². The Kier molecular flexibility index (Phi) is 5.86. The minimum atomic E-state index is -1.35. The van der Waals surface area contributed by atoms with Gasteiger partial charge >= 0.3 is 5.97 Å². The van der Waals surface area contributed by atoms with Gasteiger partial charge in [0.25, 0.3) is 0 Å². The number of carbonyl (C=O) groups excluding carboxylic acids is 1. The van der Waals surface area contributed by atoms with Crippen molar-refractivity contribution in [2.45, 2.75) is 19.1 Å². The molecular formula is C8H14O6. The Morgan fingerprint density at radius 2 is 2.00 bits per heavy atom. The number of esters is 1. The Bertz CT molecular complexity index is 212. The van der Waals surface area contributed by atoms with Crippen molar-refractivity contribution in [1.82, 2.24) is 0 Å². The van der Waals surface area contributed by atoms with Crippen molar-refractivity contribution < 1.29 is 30.0 Å². The predicted octanol–water partition coefficient (Wildman–Crippen LogP) is -1.29. The maximum Gasteiger partial charge on any atom is 0.336 e. The highest BCUT2D eigenvalue weighted by atomic mass is 16.5. The van der Waals surface area contributed by atoms with Crippen LogP contribution in [0.1, 0.15) is 6.92 Å². The van der Waals surface area contributed by atoms with Gasteiger partial charge in [0, 0.05) is 0 Å². The van der Waals surface area contributed by atoms with E-state index in [1.54, 1.807) is 0 Å². The monoisotopic (exact) mass is 206 g/mol. The molecule has 0 saturated carbocycles. The van der Waals surface area contributed by atoms with Crippen LogP contribution in [0.2, 0.25) is 0 Å². The summed E-state index contributed by atoms with van der Waals surface area (Å²) in [4.78, 5) is 10.9. The molecule has 4 N–H and O–H groups in total. The molecule has 0 saturated heterocycles. The molecule has 0 radical (unpaired) electrons. The number of aliphatic hydroxyl groups is 4. The zero-order chi connectivity index (χ0) is 11.1. The quantitative estimate of drug-likeness (QED) is 0.253. The van der Waals surface area contributed by atoms with Crippen LogP contribution in [0, 0.1) is 0 Å². The molecule has 0 fully saturated rings. The van der Waals surface area contributed by atoms with Crippen LogP contribution in [-0.4, -0.2) is 51.8 Å². The zero-order valence-corrected chi connectivity index (χ0v) is 7.75. The number of ether oxygens (including phenoxy) is 1. The molecule has 0 bridgehead atoms. The van der Waals surface area contributed by atoms with Crippen molar-refractivity contribution in [3.8, 4) is 0 Å². The Morgan fingerprint density at radius 3 is 2.43 bits per heavy atom. The second-order valence-corrected chi connectivity index (χ2v) is 2.73. The van der Waals surface area contributed by atoms with Gasteiger partial charge in [-0.15, -0.1) is 0 Å². The fraction of sp³-hybridized carbons (Fsp3) is 0.625. The summed E-state index contributed by atoms with van der Waals surface area (Å²) in [7, 11) is 0. The molecule has 0 aliphatic heterocycles. The molecule has 6 nitrogen and oxygen atoms in total. The fourth-order valence-corrected chi connectivity index (χ4v) is 0.560. The second-order valence-electron chi connectivity index (χ2n) is 2.73. The first-order valence-electron chi connectivity index (χ1n) is 3.98. The van der Waals surface area contributed by atoms with Crippen molar-refractivity contribution in [1.29, 1.82) is 0 Å². The standard InChI is InChI=1S/C8H14O6/c1-5(2-9)8(13)14-4-7(12)6(11)3-10/h2,6-7,9-12H,3-4H2,1H3/t6-,7+/m1/s1. The van der Waals surface area contributed by atoms with Crippen molar-refractivity contribution in [2.75, 3.05) is 13.2 Å². The van der Waals surface area contributed by atoms with Crippen LogP contribution in [0.25, 0.3) is 0 Å². The van der Waals surface area contributed by atoms with Gasteiger partial charge in [-0.1, -0.05) is 0 Å². The maximum absolute atomic E-state index is 10.9. The molecule has 2 atom stereocenters. The molecular weight excluding hydrogens is 192 g/mol. The highest BCUT2D eigenvalue weighted by Crippen LogP contribution is 1.98. The summed E-state index contributed by atoms with van der Waals surface area (Å²) in [5.41, 5.74) is -0.0179. The Labute approximate surface area is 81.1 Å². The van der Waals surface area contributed by atoms with Crippen LogP contribution < -0.4 is 0 Å². The van der Waals surface area contributed by atoms with Crippen molar-refractivity contribution in [3.05, 3.63) is 11.8 Å². The number of hydrogen-bond donors (Lipinski definition) is 4. The van der Waals surface area contributed by atoms with E-state index in [9.17, 15) is 4.79 Å². The molecule has 6 heteroatoms. The summed E-state index contributed by atoms with van der Waals surface area (Å²) in [6.07, 6.45) is -2.10. The first kappa shape index (κ1) is 12.9. The van der Waals surface area contributed by atoms with Crippen LogP contribution in [0.3, 0.4) is 0 Å². The summed E-state index contributed by atoms with van der Waals surface area (Å²) < 4.78 is 4.49. The lowest BCUT2D eigenvalue weighted by atomic mass is 10.2. The third-order valence-electron chi connectivity index (χ3n) is 1.53. The van der Waals surface area contributed by atoms with Gasteiger partial charge in [0.1, 0.15) is 18.8 Å². The second kappa shape index (κ2) is 6.36. The van der Waals surface area contributed by atoms with E-state index in [0.29, 0.717) is 6.26 Å². The molecule has 0 aromatic carbocycles. The molecule has 0 spiro atoms. The Hall–Kier alpha value is -1.11. The van der Waals surface area contributed by atoms with E-state index >= 15 is 0 Å². The van der Waals surface area contributed by atoms with Gasteiger partial charge in [-0.2, -0.15) is 0 Å². The molecule has 82 valence electrons. The smallest absolute Gasteiger partial charge is 0.336 e. The molecule has 0 aliphatic rings. The Morgan fingerprint density at radius 1 is 1.43 bits per heavy atom. The fourth-order valence-electron chi connectivity index (χ4n) is 0.560. The molecule has 0 heterocycles. The zero-order valence-electron chi connectivity index (χ0n) is 7.75. The average molecular weight is 206 g/mol. The number of rotatable bonds is 5. The maximum atomic E-state index is 10.9. The summed E-state index contributed by atoms with van der Waals surface area (Å²) in [5.74, 6) is -0.795. The van der Waals surface area contributed by atoms with Gasteiger partial charge in [-0.05, 0) is 6.92 Å². The summed E-state index contributed by atoms with van der Waals surface area (Å²) in [5, 5.41) is 34.8. The first-order chi connectivity index (χ1) is 6.52. The first-order valence-corrected chi connectivity index (χ1v) is 3.98. The lowest BCUT2D eigenvalue weighted by Gasteiger charge is -2.15. The van der Waals surface area contributed by atoms with Crippen LogP contribution in [0.15, 0.2) is 11.8 Å². The topological polar surface area (TPSA) is 107 Å². The van der Waals surface area contributed by atoms with Crippen LogP contribution >= 0.6 is 0 Å². The van der Waals surface area contributed by atoms with Gasteiger partial charge < -0.3 is 25.2 Å². The molecule has 0 amide bonds. The third-order valence-corrected chi connectivity index (χ3v) is 1.53. The predicted molar refractivity (Wildman–Crippen MR) is 46.4 cm³/mol. The molecule has 0 aromatic rings. The normalized spacial score (nSPS) is 16.1. The highest BCUT2D eigenvalue weighted by Gasteiger charge is 2.17. The molecule has 0 aliphatic carbocycles. The number of carbonyl (C=O) groups is 1. The van der Waals surface area contributed by atoms with Gasteiger partial charge in [0.15, 0.2) is 0 Å². The minimum Gasteiger partial charge on any atom is -0.515 e. The molecule has 0 rings (SSSR count). The van der Waals surface area contributed by atoms with Gasteiger partial charge in [-0.25, -0.2) is 4.79 Å². The van der Waals surface area contributed by atoms with E-state index in [2.05, 4.69) is 4.74 Å². The third kappa shape index (κ3) is 4.22. The Balaban J connectivity index is 3.89. The van der Waals surface area contributed by atoms with E-state index in [1.807, 2.05) is 0 Å². The van der Waals surface area contributed by atoms with E-state index in [-0.39, 0.29) is 5.57 Å². The summed E-state index contributed by atoms with van der Waals surface area (Å²) >= 11 is 0. The van der Waals surface area contributed by atoms with Gasteiger partial charge in [-0.3, -0.25) is 0 Å². The molecule has 0 aromatic heterocycles. The summed E-state index contributed by atoms with van der Waals surface area (Å²) in [6.45, 7) is 0.274. The van der Waals surface area contributed by atoms with Crippen molar-refractivity contribution >= 4 is 5.97 Å². The molecule has 14 heavy (non-hydrogen) atoms. The lowest BCUT2D eigenvalue weighted by molar-refractivity contribution is -0.145. The van der Waals surface area contributed by atoms with E-state index in [0.717, 1.165) is 0 Å². The minimum absolute atomic E-state index is 0.0179. The SMILES string of the molecule is CC(=CO)C(=O)OC[C@H](O)[C@H](O)CO. The largest absolute Gasteiger partial charge is 0.515 e. The van der Waals surface area contributed by atoms with E-state index in [1.165, 1.54) is 6.92 Å². The van der Waals surface area contributed by atoms with Crippen LogP contribution in [-0.2, 0) is 9.53 Å². The van der Waals surface area contributed by atoms with Gasteiger partial charge in [0.2, 0.25) is 0 Å². The van der Waals surface area contributed by atoms with Crippen molar-refractivity contribution in [3.63, 3.8) is 0 Å². The van der Waals surface area contributed by atoms with Gasteiger partial charge in [0.05, 0.1) is 18.4 Å². The number of aliphatic hydroxyl groups excluding tert-OH is 4. The van der Waals surface area contributed by atoms with Crippen molar-refractivity contribution in [2.24, 2.45) is 0 Å². The average Bonchev–Trinajstić information content (AvgIpc) is 2.22.